The van der Waals surface area contributed by atoms with Gasteiger partial charge in [-0.1, -0.05) is 13.8 Å². The number of aliphatic hydroxyl groups is 1. The number of rotatable bonds is 3. The second-order valence-corrected chi connectivity index (χ2v) is 5.14. The van der Waals surface area contributed by atoms with Gasteiger partial charge in [-0.25, -0.2) is 0 Å². The van der Waals surface area contributed by atoms with Crippen molar-refractivity contribution in [3.8, 4) is 11.5 Å². The lowest BCUT2D eigenvalue weighted by atomic mass is 9.91. The summed E-state index contributed by atoms with van der Waals surface area (Å²) in [6.45, 7) is 6.06. The molecule has 0 aliphatic heterocycles. The Morgan fingerprint density at radius 2 is 1.89 bits per heavy atom. The van der Waals surface area contributed by atoms with Crippen LogP contribution in [0.1, 0.15) is 36.5 Å². The summed E-state index contributed by atoms with van der Waals surface area (Å²) in [6, 6.07) is 5.57. The Labute approximate surface area is 113 Å². The standard InChI is InChI=1S/C16H20O3/c1-9(2)12-7-15(19-4)10(3)16-13(12)5-11(8-17)6-14(16)18/h5-7,9,17-18H,8H2,1-4H3. The number of hydrogen-bond acceptors (Lipinski definition) is 3. The molecule has 0 unspecified atom stereocenters. The maximum atomic E-state index is 10.2. The fourth-order valence-electron chi connectivity index (χ4n) is 2.54. The molecule has 0 aromatic heterocycles. The van der Waals surface area contributed by atoms with Gasteiger partial charge in [0.25, 0.3) is 0 Å². The molecule has 3 nitrogen and oxygen atoms in total. The lowest BCUT2D eigenvalue weighted by Gasteiger charge is -2.17. The lowest BCUT2D eigenvalue weighted by molar-refractivity contribution is 0.281. The molecule has 2 N–H and O–H groups in total. The maximum absolute atomic E-state index is 10.2. The van der Waals surface area contributed by atoms with Gasteiger partial charge in [-0.05, 0) is 47.6 Å². The average Bonchev–Trinajstić information content (AvgIpc) is 2.38. The number of aryl methyl sites for hydroxylation is 1. The highest BCUT2D eigenvalue weighted by atomic mass is 16.5. The van der Waals surface area contributed by atoms with Crippen LogP contribution in [0.15, 0.2) is 18.2 Å². The molecule has 0 amide bonds. The predicted molar refractivity (Wildman–Crippen MR) is 76.9 cm³/mol. The fourth-order valence-corrected chi connectivity index (χ4v) is 2.54. The third kappa shape index (κ3) is 2.26. The highest BCUT2D eigenvalue weighted by Crippen LogP contribution is 2.39. The number of aromatic hydroxyl groups is 1. The number of phenolic OH excluding ortho intramolecular Hbond substituents is 1. The number of ether oxygens (including phenoxy) is 1. The summed E-state index contributed by atoms with van der Waals surface area (Å²) in [4.78, 5) is 0. The molecule has 0 fully saturated rings. The summed E-state index contributed by atoms with van der Waals surface area (Å²) in [6.07, 6.45) is 0. The van der Waals surface area contributed by atoms with Crippen LogP contribution in [0.5, 0.6) is 11.5 Å². The molecule has 2 rings (SSSR count). The average molecular weight is 260 g/mol. The van der Waals surface area contributed by atoms with Gasteiger partial charge in [-0.3, -0.25) is 0 Å². The highest BCUT2D eigenvalue weighted by molar-refractivity contribution is 5.96. The van der Waals surface area contributed by atoms with Crippen LogP contribution in [0.4, 0.5) is 0 Å². The van der Waals surface area contributed by atoms with Crippen LogP contribution < -0.4 is 4.74 Å². The minimum Gasteiger partial charge on any atom is -0.507 e. The largest absolute Gasteiger partial charge is 0.507 e. The first kappa shape index (κ1) is 13.7. The van der Waals surface area contributed by atoms with E-state index in [2.05, 4.69) is 13.8 Å². The van der Waals surface area contributed by atoms with Crippen LogP contribution in [0.3, 0.4) is 0 Å². The SMILES string of the molecule is COc1cc(C(C)C)c2cc(CO)cc(O)c2c1C. The van der Waals surface area contributed by atoms with Gasteiger partial charge in [-0.15, -0.1) is 0 Å². The molecule has 19 heavy (non-hydrogen) atoms. The molecule has 2 aromatic rings. The molecule has 0 bridgehead atoms. The zero-order valence-corrected chi connectivity index (χ0v) is 11.8. The summed E-state index contributed by atoms with van der Waals surface area (Å²) < 4.78 is 5.39. The Balaban J connectivity index is 2.92. The highest BCUT2D eigenvalue weighted by Gasteiger charge is 2.15. The molecule has 0 atom stereocenters. The molecule has 0 aliphatic rings. The van der Waals surface area contributed by atoms with E-state index in [1.807, 2.05) is 19.1 Å². The number of hydrogen-bond donors (Lipinski definition) is 2. The van der Waals surface area contributed by atoms with Gasteiger partial charge >= 0.3 is 0 Å². The normalized spacial score (nSPS) is 11.3. The van der Waals surface area contributed by atoms with E-state index in [1.54, 1.807) is 13.2 Å². The van der Waals surface area contributed by atoms with E-state index >= 15 is 0 Å². The van der Waals surface area contributed by atoms with Crippen LogP contribution in [-0.4, -0.2) is 17.3 Å². The summed E-state index contributed by atoms with van der Waals surface area (Å²) in [5.41, 5.74) is 2.75. The molecule has 0 radical (unpaired) electrons. The van der Waals surface area contributed by atoms with Crippen molar-refractivity contribution in [3.63, 3.8) is 0 Å². The Morgan fingerprint density at radius 1 is 1.21 bits per heavy atom. The van der Waals surface area contributed by atoms with Gasteiger partial charge in [0.2, 0.25) is 0 Å². The zero-order chi connectivity index (χ0) is 14.2. The minimum absolute atomic E-state index is 0.0773. The second-order valence-electron chi connectivity index (χ2n) is 5.14. The number of phenols is 1. The van der Waals surface area contributed by atoms with Gasteiger partial charge in [0.1, 0.15) is 11.5 Å². The zero-order valence-electron chi connectivity index (χ0n) is 11.8. The first-order chi connectivity index (χ1) is 8.99. The Kier molecular flexibility index (Phi) is 3.67. The molecular weight excluding hydrogens is 240 g/mol. The van der Waals surface area contributed by atoms with Gasteiger partial charge in [0, 0.05) is 10.9 Å². The van der Waals surface area contributed by atoms with E-state index in [9.17, 15) is 10.2 Å². The van der Waals surface area contributed by atoms with Crippen molar-refractivity contribution < 1.29 is 14.9 Å². The molecule has 0 heterocycles. The number of aliphatic hydroxyl groups excluding tert-OH is 1. The first-order valence-corrected chi connectivity index (χ1v) is 6.43. The van der Waals surface area contributed by atoms with Crippen molar-refractivity contribution in [2.24, 2.45) is 0 Å². The van der Waals surface area contributed by atoms with Gasteiger partial charge < -0.3 is 14.9 Å². The number of benzene rings is 2. The van der Waals surface area contributed by atoms with Crippen molar-refractivity contribution in [2.75, 3.05) is 7.11 Å². The van der Waals surface area contributed by atoms with E-state index in [-0.39, 0.29) is 12.4 Å². The van der Waals surface area contributed by atoms with E-state index in [0.717, 1.165) is 33.2 Å². The fraction of sp³-hybridized carbons (Fsp3) is 0.375. The number of methoxy groups -OCH3 is 1. The molecule has 0 aliphatic carbocycles. The smallest absolute Gasteiger partial charge is 0.124 e. The summed E-state index contributed by atoms with van der Waals surface area (Å²) in [7, 11) is 1.64. The van der Waals surface area contributed by atoms with Gasteiger partial charge in [0.05, 0.1) is 13.7 Å². The van der Waals surface area contributed by atoms with Crippen molar-refractivity contribution in [2.45, 2.75) is 33.3 Å². The predicted octanol–water partition coefficient (Wildman–Crippen LogP) is 3.48. The minimum atomic E-state index is -0.0773. The Morgan fingerprint density at radius 3 is 2.42 bits per heavy atom. The van der Waals surface area contributed by atoms with Crippen molar-refractivity contribution >= 4 is 10.8 Å². The van der Waals surface area contributed by atoms with Crippen molar-refractivity contribution in [1.29, 1.82) is 0 Å². The molecule has 0 saturated heterocycles. The van der Waals surface area contributed by atoms with E-state index in [0.29, 0.717) is 5.92 Å². The van der Waals surface area contributed by atoms with Gasteiger partial charge in [0.15, 0.2) is 0 Å². The third-order valence-electron chi connectivity index (χ3n) is 3.54. The van der Waals surface area contributed by atoms with Crippen molar-refractivity contribution in [3.05, 3.63) is 34.9 Å². The molecule has 2 aromatic carbocycles. The van der Waals surface area contributed by atoms with Gasteiger partial charge in [-0.2, -0.15) is 0 Å². The molecule has 3 heteroatoms. The Hall–Kier alpha value is -1.74. The molecular formula is C16H20O3. The Bertz CT molecular complexity index is 615. The monoisotopic (exact) mass is 260 g/mol. The van der Waals surface area contributed by atoms with E-state index in [1.165, 1.54) is 0 Å². The van der Waals surface area contributed by atoms with Crippen LogP contribution >= 0.6 is 0 Å². The second kappa shape index (κ2) is 5.10. The van der Waals surface area contributed by atoms with Crippen molar-refractivity contribution in [1.82, 2.24) is 0 Å². The van der Waals surface area contributed by atoms with E-state index < -0.39 is 0 Å². The van der Waals surface area contributed by atoms with Crippen LogP contribution in [0, 0.1) is 6.92 Å². The maximum Gasteiger partial charge on any atom is 0.124 e. The topological polar surface area (TPSA) is 49.7 Å². The van der Waals surface area contributed by atoms with E-state index in [4.69, 9.17) is 4.74 Å². The summed E-state index contributed by atoms with van der Waals surface area (Å²) in [5.74, 6) is 1.29. The molecule has 102 valence electrons. The lowest BCUT2D eigenvalue weighted by Crippen LogP contribution is -1.97. The number of fused-ring (bicyclic) bond motifs is 1. The molecule has 0 spiro atoms. The van der Waals surface area contributed by atoms with Crippen LogP contribution in [-0.2, 0) is 6.61 Å². The third-order valence-corrected chi connectivity index (χ3v) is 3.54. The summed E-state index contributed by atoms with van der Waals surface area (Å²) >= 11 is 0. The quantitative estimate of drug-likeness (QED) is 0.888. The first-order valence-electron chi connectivity index (χ1n) is 6.43. The van der Waals surface area contributed by atoms with Crippen LogP contribution in [0.25, 0.3) is 10.8 Å². The summed E-state index contributed by atoms with van der Waals surface area (Å²) in [5, 5.41) is 21.3. The molecule has 0 saturated carbocycles. The van der Waals surface area contributed by atoms with Crippen LogP contribution in [0.2, 0.25) is 0 Å².